The number of imide groups is 1. The molecule has 10 rings (SSSR count). The van der Waals surface area contributed by atoms with Gasteiger partial charge in [0.1, 0.15) is 0 Å². The van der Waals surface area contributed by atoms with Gasteiger partial charge in [0, 0.05) is 58.5 Å². The molecule has 4 heterocycles. The number of hydrogen-bond donors (Lipinski definition) is 4. The zero-order valence-electron chi connectivity index (χ0n) is 46.7. The Morgan fingerprint density at radius 3 is 1.46 bits per heavy atom. The summed E-state index contributed by atoms with van der Waals surface area (Å²) < 4.78 is 5.74. The normalized spacial score (nSPS) is 11.4. The molecule has 1 aliphatic heterocycles. The Balaban J connectivity index is 0.000000204. The summed E-state index contributed by atoms with van der Waals surface area (Å²) in [5, 5.41) is 24.0. The van der Waals surface area contributed by atoms with E-state index in [1.54, 1.807) is 12.4 Å². The van der Waals surface area contributed by atoms with Gasteiger partial charge in [-0.1, -0.05) is 186 Å². The van der Waals surface area contributed by atoms with Crippen molar-refractivity contribution in [2.75, 3.05) is 26.7 Å². The van der Waals surface area contributed by atoms with E-state index in [-0.39, 0.29) is 49.9 Å². The van der Waals surface area contributed by atoms with Crippen LogP contribution in [-0.2, 0) is 48.0 Å². The number of pyridine rings is 3. The standard InChI is InChI=1S/C23H26N2O.C18H14BrNO2.C17H13NO2.C5H13N.C4H5NO3.CH4/c1-2-3-9-14-24-17-20(26)15-19-16-25-22-13-8-7-12-21(22)23(19)18-10-5-4-6-11-18;1-22-16(21)10-13-11-20-18-14(8-5-9-15(18)19)17(13)12-6-3-2-4-7-12;19-16(20)10-13-11-18-15-9-5-4-8-14(15)17(13)12-6-2-1-3-7-12;1-2-3-4-5-6;6-3-1-2-4(7)5(3)8;/h4-8,10-13,16,24H,2-3,9,14-15,17H2,1H3;2-9,11H,10H2,1H3;1-9,11H,10H2,(H,19,20);2-6H2,1H3;8H,1-2H2;1H4. The maximum atomic E-state index is 12.5. The van der Waals surface area contributed by atoms with E-state index < -0.39 is 17.8 Å². The third-order valence-electron chi connectivity index (χ3n) is 13.2. The number of nitrogens with zero attached hydrogens (tertiary/aromatic N) is 4. The maximum Gasteiger partial charge on any atom is 0.310 e. The van der Waals surface area contributed by atoms with Gasteiger partial charge in [0.05, 0.1) is 43.0 Å². The van der Waals surface area contributed by atoms with E-state index in [0.29, 0.717) is 13.0 Å². The Bertz CT molecular complexity index is 3510. The van der Waals surface area contributed by atoms with Gasteiger partial charge in [-0.3, -0.25) is 44.1 Å². The number of amides is 2. The molecule has 6 aromatic carbocycles. The molecule has 1 saturated heterocycles. The van der Waals surface area contributed by atoms with Crippen LogP contribution >= 0.6 is 15.9 Å². The summed E-state index contributed by atoms with van der Waals surface area (Å²) in [5.41, 5.74) is 16.8. The highest BCUT2D eigenvalue weighted by Crippen LogP contribution is 2.35. The summed E-state index contributed by atoms with van der Waals surface area (Å²) in [6, 6.07) is 52.0. The van der Waals surface area contributed by atoms with Gasteiger partial charge < -0.3 is 20.9 Å². The van der Waals surface area contributed by atoms with Gasteiger partial charge in [0.15, 0.2) is 5.78 Å². The van der Waals surface area contributed by atoms with Crippen LogP contribution in [0.25, 0.3) is 66.1 Å². The van der Waals surface area contributed by atoms with Gasteiger partial charge >= 0.3 is 11.9 Å². The molecule has 0 atom stereocenters. The number of ether oxygens (including phenoxy) is 1. The van der Waals surface area contributed by atoms with Crippen LogP contribution in [0.15, 0.2) is 181 Å². The zero-order valence-corrected chi connectivity index (χ0v) is 48.3. The summed E-state index contributed by atoms with van der Waals surface area (Å²) in [6.45, 7) is 6.54. The second kappa shape index (κ2) is 34.8. The molecule has 0 saturated carbocycles. The van der Waals surface area contributed by atoms with Crippen molar-refractivity contribution in [2.45, 2.75) is 91.9 Å². The third-order valence-corrected chi connectivity index (χ3v) is 13.9. The minimum atomic E-state index is -0.848. The molecule has 1 aliphatic rings. The first-order chi connectivity index (χ1) is 39.9. The van der Waals surface area contributed by atoms with Crippen LogP contribution in [0.5, 0.6) is 0 Å². The lowest BCUT2D eigenvalue weighted by Crippen LogP contribution is -2.25. The molecule has 0 unspecified atom stereocenters. The lowest BCUT2D eigenvalue weighted by molar-refractivity contribution is -0.171. The molecule has 1 fully saturated rings. The molecule has 5 N–H and O–H groups in total. The summed E-state index contributed by atoms with van der Waals surface area (Å²) >= 11 is 3.54. The second-order valence-corrected chi connectivity index (χ2v) is 20.1. The molecule has 2 amide bonds. The number of aliphatic carboxylic acids is 1. The van der Waals surface area contributed by atoms with Crippen LogP contribution < -0.4 is 11.1 Å². The molecule has 3 aromatic heterocycles. The third kappa shape index (κ3) is 19.4. The first-order valence-electron chi connectivity index (χ1n) is 27.6. The van der Waals surface area contributed by atoms with Crippen LogP contribution in [0.1, 0.15) is 89.3 Å². The van der Waals surface area contributed by atoms with Crippen LogP contribution in [0.4, 0.5) is 0 Å². The van der Waals surface area contributed by atoms with Gasteiger partial charge in [-0.2, -0.15) is 5.06 Å². The van der Waals surface area contributed by atoms with Crippen LogP contribution in [0.2, 0.25) is 0 Å². The van der Waals surface area contributed by atoms with E-state index in [1.165, 1.54) is 39.2 Å². The fraction of sp³-hybridized carbons (Fsp3) is 0.265. The number of methoxy groups -OCH3 is 1. The highest BCUT2D eigenvalue weighted by atomic mass is 79.9. The molecule has 0 bridgehead atoms. The molecule has 14 nitrogen and oxygen atoms in total. The van der Waals surface area contributed by atoms with Crippen molar-refractivity contribution >= 4 is 78.2 Å². The van der Waals surface area contributed by atoms with Gasteiger partial charge in [0.25, 0.3) is 11.8 Å². The number of unbranched alkanes of at least 4 members (excludes halogenated alkanes) is 4. The fourth-order valence-corrected chi connectivity index (χ4v) is 9.65. The molecular formula is C68H75BrN6O8. The van der Waals surface area contributed by atoms with Gasteiger partial charge in [-0.25, -0.2) is 0 Å². The van der Waals surface area contributed by atoms with E-state index in [1.807, 2.05) is 146 Å². The summed E-state index contributed by atoms with van der Waals surface area (Å²) in [4.78, 5) is 69.1. The topological polar surface area (TPSA) is 215 Å². The predicted molar refractivity (Wildman–Crippen MR) is 336 cm³/mol. The Morgan fingerprint density at radius 2 is 1.01 bits per heavy atom. The quantitative estimate of drug-likeness (QED) is 0.0273. The Hall–Kier alpha value is -8.34. The number of esters is 1. The Kier molecular flexibility index (Phi) is 27.5. The highest BCUT2D eigenvalue weighted by molar-refractivity contribution is 9.10. The summed E-state index contributed by atoms with van der Waals surface area (Å²) in [5.74, 6) is -1.92. The van der Waals surface area contributed by atoms with Crippen molar-refractivity contribution in [1.29, 1.82) is 0 Å². The highest BCUT2D eigenvalue weighted by Gasteiger charge is 2.27. The number of carboxylic acid groups (broad SMARTS) is 1. The molecule has 9 aromatic rings. The number of hydrogen-bond acceptors (Lipinski definition) is 12. The van der Waals surface area contributed by atoms with Crippen molar-refractivity contribution in [3.05, 3.63) is 197 Å². The lowest BCUT2D eigenvalue weighted by atomic mass is 9.94. The fourth-order valence-electron chi connectivity index (χ4n) is 9.19. The number of carbonyl (C=O) groups excluding carboxylic acids is 4. The number of benzene rings is 6. The number of aromatic nitrogens is 3. The van der Waals surface area contributed by atoms with Crippen molar-refractivity contribution in [2.24, 2.45) is 5.73 Å². The Morgan fingerprint density at radius 1 is 0.578 bits per heavy atom. The second-order valence-electron chi connectivity index (χ2n) is 19.3. The van der Waals surface area contributed by atoms with Crippen LogP contribution in [0, 0.1) is 0 Å². The van der Waals surface area contributed by atoms with Crippen molar-refractivity contribution < 1.29 is 39.0 Å². The first-order valence-corrected chi connectivity index (χ1v) is 28.4. The van der Waals surface area contributed by atoms with E-state index in [2.05, 4.69) is 68.2 Å². The molecule has 83 heavy (non-hydrogen) atoms. The number of carbonyl (C=O) groups is 5. The van der Waals surface area contributed by atoms with Crippen LogP contribution in [0.3, 0.4) is 0 Å². The van der Waals surface area contributed by atoms with E-state index in [0.717, 1.165) is 107 Å². The van der Waals surface area contributed by atoms with Crippen LogP contribution in [-0.4, -0.2) is 86.6 Å². The van der Waals surface area contributed by atoms with E-state index in [4.69, 9.17) is 20.8 Å². The first kappa shape index (κ1) is 65.5. The molecule has 0 radical (unpaired) electrons. The number of carboxylic acids is 1. The number of nitrogens with two attached hydrogens (primary N) is 1. The SMILES string of the molecule is C.CCCCCN.CCCCCNCC(=O)Cc1cnc2ccccc2c1-c1ccccc1.COC(=O)Cc1cnc2c(Br)cccc2c1-c1ccccc1.O=C(O)Cc1cnc2ccccc2c1-c1ccccc1.O=C1CCC(=O)N1O. The number of para-hydroxylation sites is 3. The largest absolute Gasteiger partial charge is 0.481 e. The monoisotopic (exact) mass is 1180 g/mol. The average Bonchev–Trinajstić information content (AvgIpc) is 4.00. The molecular weight excluding hydrogens is 1110 g/mol. The zero-order chi connectivity index (χ0) is 58.6. The van der Waals surface area contributed by atoms with Gasteiger partial charge in [-0.05, 0) is 110 Å². The van der Waals surface area contributed by atoms with Gasteiger partial charge in [-0.15, -0.1) is 0 Å². The van der Waals surface area contributed by atoms with Gasteiger partial charge in [0.2, 0.25) is 0 Å². The average molecular weight is 1180 g/mol. The number of halogens is 1. The van der Waals surface area contributed by atoms with Crippen molar-refractivity contribution in [1.82, 2.24) is 25.3 Å². The predicted octanol–water partition coefficient (Wildman–Crippen LogP) is 14.0. The Labute approximate surface area is 495 Å². The van der Waals surface area contributed by atoms with Crippen molar-refractivity contribution in [3.8, 4) is 33.4 Å². The summed E-state index contributed by atoms with van der Waals surface area (Å²) in [7, 11) is 1.40. The van der Waals surface area contributed by atoms with Crippen molar-refractivity contribution in [3.63, 3.8) is 0 Å². The minimum absolute atomic E-state index is 0. The molecule has 0 spiro atoms. The number of ketones is 1. The number of fused-ring (bicyclic) bond motifs is 3. The number of Topliss-reactive ketones (excluding diaryl/α,β-unsaturated/α-hetero) is 1. The minimum Gasteiger partial charge on any atom is -0.481 e. The number of rotatable bonds is 18. The molecule has 0 aliphatic carbocycles. The summed E-state index contributed by atoms with van der Waals surface area (Å²) in [6.07, 6.45) is 13.4. The number of nitrogens with one attached hydrogen (secondary N) is 1. The smallest absolute Gasteiger partial charge is 0.310 e. The maximum absolute atomic E-state index is 12.5. The van der Waals surface area contributed by atoms with E-state index in [9.17, 15) is 24.0 Å². The van der Waals surface area contributed by atoms with E-state index >= 15 is 0 Å². The molecule has 15 heteroatoms. The lowest BCUT2D eigenvalue weighted by Gasteiger charge is -2.13. The number of hydroxylamine groups is 2. The molecule has 432 valence electrons.